The molecule has 0 spiro atoms. The van der Waals surface area contributed by atoms with Gasteiger partial charge in [-0.15, -0.1) is 0 Å². The van der Waals surface area contributed by atoms with Crippen LogP contribution in [0.25, 0.3) is 0 Å². The van der Waals surface area contributed by atoms with Gasteiger partial charge in [-0.05, 0) is 35.6 Å². The molecule has 8 heteroatoms. The fourth-order valence-electron chi connectivity index (χ4n) is 3.57. The summed E-state index contributed by atoms with van der Waals surface area (Å²) in [5.74, 6) is -0.752. The molecule has 0 amide bonds. The largest absolute Gasteiger partial charge is 0.297 e. The monoisotopic (exact) mass is 468 g/mol. The van der Waals surface area contributed by atoms with E-state index < -0.39 is 43.8 Å². The predicted molar refractivity (Wildman–Crippen MR) is 120 cm³/mol. The molecular weight excluding hydrogens is 436 g/mol. The molecule has 31 heavy (non-hydrogen) atoms. The molecule has 0 aliphatic carbocycles. The molecule has 3 atom stereocenters. The Kier molecular flexibility index (Phi) is 8.08. The first-order valence-electron chi connectivity index (χ1n) is 10.2. The van der Waals surface area contributed by atoms with Crippen molar-refractivity contribution in [3.8, 4) is 0 Å². The van der Waals surface area contributed by atoms with Crippen LogP contribution in [-0.4, -0.2) is 29.0 Å². The van der Waals surface area contributed by atoms with Gasteiger partial charge in [0.05, 0.1) is 22.0 Å². The standard InChI is InChI=1S/C23H32O6S2/c1-17(2)21(28-30(24,25)19-13-9-7-10-14-19)18(3)22(23(4,5)6)29-31(26,27)20-15-11-8-12-16-20/h7-18,21-22H,1-6H3. The van der Waals surface area contributed by atoms with E-state index >= 15 is 0 Å². The van der Waals surface area contributed by atoms with Crippen LogP contribution < -0.4 is 0 Å². The first kappa shape index (κ1) is 25.5. The van der Waals surface area contributed by atoms with Gasteiger partial charge in [-0.2, -0.15) is 16.8 Å². The lowest BCUT2D eigenvalue weighted by atomic mass is 9.77. The van der Waals surface area contributed by atoms with E-state index in [0.29, 0.717) is 0 Å². The summed E-state index contributed by atoms with van der Waals surface area (Å²) in [6.07, 6.45) is -1.61. The second-order valence-corrected chi connectivity index (χ2v) is 12.2. The second-order valence-electron chi connectivity index (χ2n) is 9.08. The van der Waals surface area contributed by atoms with E-state index in [4.69, 9.17) is 8.37 Å². The summed E-state index contributed by atoms with van der Waals surface area (Å²) in [5, 5.41) is 0. The molecule has 0 N–H and O–H groups in total. The van der Waals surface area contributed by atoms with Crippen LogP contribution in [0.15, 0.2) is 70.5 Å². The van der Waals surface area contributed by atoms with Gasteiger partial charge in [0.15, 0.2) is 0 Å². The van der Waals surface area contributed by atoms with Crippen molar-refractivity contribution in [1.82, 2.24) is 0 Å². The first-order valence-corrected chi connectivity index (χ1v) is 13.0. The molecule has 0 bridgehead atoms. The normalized spacial score (nSPS) is 16.1. The lowest BCUT2D eigenvalue weighted by Gasteiger charge is -2.39. The molecule has 172 valence electrons. The van der Waals surface area contributed by atoms with E-state index in [9.17, 15) is 16.8 Å². The second kappa shape index (κ2) is 9.81. The van der Waals surface area contributed by atoms with Crippen molar-refractivity contribution in [1.29, 1.82) is 0 Å². The SMILES string of the molecule is CC(C)C(OS(=O)(=O)c1ccccc1)C(C)C(OS(=O)(=O)c1ccccc1)C(C)(C)C. The zero-order valence-electron chi connectivity index (χ0n) is 18.8. The highest BCUT2D eigenvalue weighted by atomic mass is 32.2. The van der Waals surface area contributed by atoms with Gasteiger partial charge in [0.25, 0.3) is 20.2 Å². The summed E-state index contributed by atoms with van der Waals surface area (Å²) in [7, 11) is -8.08. The van der Waals surface area contributed by atoms with E-state index in [-0.39, 0.29) is 15.7 Å². The van der Waals surface area contributed by atoms with Crippen molar-refractivity contribution in [2.45, 2.75) is 63.5 Å². The zero-order chi connectivity index (χ0) is 23.4. The van der Waals surface area contributed by atoms with Gasteiger partial charge in [-0.25, -0.2) is 0 Å². The molecule has 0 fully saturated rings. The van der Waals surface area contributed by atoms with Crippen LogP contribution in [0.3, 0.4) is 0 Å². The summed E-state index contributed by atoms with van der Waals surface area (Å²) in [6.45, 7) is 11.0. The smallest absolute Gasteiger partial charge is 0.262 e. The van der Waals surface area contributed by atoms with Crippen molar-refractivity contribution in [2.24, 2.45) is 17.3 Å². The molecule has 0 saturated heterocycles. The molecule has 0 heterocycles. The van der Waals surface area contributed by atoms with Crippen molar-refractivity contribution in [3.63, 3.8) is 0 Å². The highest BCUT2D eigenvalue weighted by Crippen LogP contribution is 2.36. The topological polar surface area (TPSA) is 86.7 Å². The van der Waals surface area contributed by atoms with Gasteiger partial charge >= 0.3 is 0 Å². The Morgan fingerprint density at radius 2 is 1.06 bits per heavy atom. The minimum absolute atomic E-state index is 0.0513. The van der Waals surface area contributed by atoms with Crippen molar-refractivity contribution in [2.75, 3.05) is 0 Å². The van der Waals surface area contributed by atoms with Crippen molar-refractivity contribution in [3.05, 3.63) is 60.7 Å². The minimum atomic E-state index is -4.05. The van der Waals surface area contributed by atoms with Gasteiger partial charge in [0, 0.05) is 5.92 Å². The number of rotatable bonds is 9. The lowest BCUT2D eigenvalue weighted by molar-refractivity contribution is -0.0197. The van der Waals surface area contributed by atoms with Gasteiger partial charge in [0.2, 0.25) is 0 Å². The number of hydrogen-bond acceptors (Lipinski definition) is 6. The Bertz CT molecular complexity index is 1040. The number of hydrogen-bond donors (Lipinski definition) is 0. The summed E-state index contributed by atoms with van der Waals surface area (Å²) in [5.41, 5.74) is -0.603. The first-order chi connectivity index (χ1) is 14.3. The Hall–Kier alpha value is -1.74. The average molecular weight is 469 g/mol. The average Bonchev–Trinajstić information content (AvgIpc) is 2.70. The molecule has 2 rings (SSSR count). The fraction of sp³-hybridized carbons (Fsp3) is 0.478. The molecule has 0 aromatic heterocycles. The van der Waals surface area contributed by atoms with E-state index in [2.05, 4.69) is 0 Å². The van der Waals surface area contributed by atoms with E-state index in [0.717, 1.165) is 0 Å². The predicted octanol–water partition coefficient (Wildman–Crippen LogP) is 4.87. The molecule has 2 aromatic rings. The Morgan fingerprint density at radius 3 is 1.42 bits per heavy atom. The summed E-state index contributed by atoms with van der Waals surface area (Å²) < 4.78 is 62.9. The fourth-order valence-corrected chi connectivity index (χ4v) is 6.20. The van der Waals surface area contributed by atoms with Gasteiger partial charge in [0.1, 0.15) is 0 Å². The highest BCUT2D eigenvalue weighted by Gasteiger charge is 2.42. The lowest BCUT2D eigenvalue weighted by Crippen LogP contribution is -2.45. The van der Waals surface area contributed by atoms with Crippen LogP contribution in [0.1, 0.15) is 41.5 Å². The van der Waals surface area contributed by atoms with Crippen LogP contribution in [0.2, 0.25) is 0 Å². The molecular formula is C23H32O6S2. The van der Waals surface area contributed by atoms with Crippen LogP contribution >= 0.6 is 0 Å². The maximum atomic E-state index is 12.9. The van der Waals surface area contributed by atoms with Crippen molar-refractivity contribution < 1.29 is 25.2 Å². The summed E-state index contributed by atoms with van der Waals surface area (Å²) >= 11 is 0. The Balaban J connectivity index is 2.38. The molecule has 6 nitrogen and oxygen atoms in total. The Labute approximate surface area is 186 Å². The molecule has 0 radical (unpaired) electrons. The van der Waals surface area contributed by atoms with Crippen LogP contribution in [0.5, 0.6) is 0 Å². The highest BCUT2D eigenvalue weighted by molar-refractivity contribution is 7.87. The van der Waals surface area contributed by atoms with Gasteiger partial charge in [-0.1, -0.05) is 77.9 Å². The third kappa shape index (κ3) is 6.62. The van der Waals surface area contributed by atoms with E-state index in [1.165, 1.54) is 24.3 Å². The third-order valence-electron chi connectivity index (χ3n) is 5.04. The molecule has 0 aliphatic heterocycles. The summed E-state index contributed by atoms with van der Waals surface area (Å²) in [6, 6.07) is 15.8. The van der Waals surface area contributed by atoms with Crippen molar-refractivity contribution >= 4 is 20.2 Å². The van der Waals surface area contributed by atoms with Gasteiger partial charge < -0.3 is 0 Å². The summed E-state index contributed by atoms with van der Waals surface area (Å²) in [4.78, 5) is 0.105. The molecule has 2 aromatic carbocycles. The number of benzene rings is 2. The van der Waals surface area contributed by atoms with Crippen LogP contribution in [0.4, 0.5) is 0 Å². The Morgan fingerprint density at radius 1 is 0.677 bits per heavy atom. The molecule has 0 aliphatic rings. The third-order valence-corrected chi connectivity index (χ3v) is 7.67. The molecule has 0 saturated carbocycles. The zero-order valence-corrected chi connectivity index (χ0v) is 20.5. The maximum Gasteiger partial charge on any atom is 0.297 e. The van der Waals surface area contributed by atoms with Crippen LogP contribution in [-0.2, 0) is 28.6 Å². The quantitative estimate of drug-likeness (QED) is 0.488. The minimum Gasteiger partial charge on any atom is -0.262 e. The molecule has 3 unspecified atom stereocenters. The van der Waals surface area contributed by atoms with E-state index in [1.54, 1.807) is 43.3 Å². The maximum absolute atomic E-state index is 12.9. The van der Waals surface area contributed by atoms with Gasteiger partial charge in [-0.3, -0.25) is 8.37 Å². The van der Waals surface area contributed by atoms with Crippen LogP contribution in [0, 0.1) is 17.3 Å². The van der Waals surface area contributed by atoms with E-state index in [1.807, 2.05) is 34.6 Å².